The maximum atomic E-state index is 12.4. The Balaban J connectivity index is 2.05. The minimum absolute atomic E-state index is 0.00896. The monoisotopic (exact) mass is 338 g/mol. The summed E-state index contributed by atoms with van der Waals surface area (Å²) in [7, 11) is 3.18. The Morgan fingerprint density at radius 2 is 2.04 bits per heavy atom. The Labute approximate surface area is 141 Å². The van der Waals surface area contributed by atoms with Gasteiger partial charge in [0.1, 0.15) is 5.75 Å². The molecule has 1 aliphatic carbocycles. The summed E-state index contributed by atoms with van der Waals surface area (Å²) in [4.78, 5) is 24.4. The fourth-order valence-corrected chi connectivity index (χ4v) is 3.36. The topological polar surface area (TPSA) is 67.4 Å². The van der Waals surface area contributed by atoms with Crippen LogP contribution in [0.2, 0.25) is 5.02 Å². The summed E-state index contributed by atoms with van der Waals surface area (Å²) in [6.45, 7) is 0. The third-order valence-electron chi connectivity index (χ3n) is 4.33. The zero-order valence-corrected chi connectivity index (χ0v) is 14.3. The molecule has 0 radical (unpaired) electrons. The van der Waals surface area contributed by atoms with E-state index < -0.39 is 0 Å². The highest BCUT2D eigenvalue weighted by Gasteiger charge is 2.31. The van der Waals surface area contributed by atoms with Crippen molar-refractivity contribution in [2.75, 3.05) is 14.2 Å². The SMILES string of the molecule is CNC(=O)C1CCCCC1NC(=O)Cc1c(Cl)cccc1OC. The Hall–Kier alpha value is -1.75. The number of hydrogen-bond donors (Lipinski definition) is 2. The van der Waals surface area contributed by atoms with Crippen LogP contribution < -0.4 is 15.4 Å². The number of ether oxygens (including phenoxy) is 1. The number of carbonyl (C=O) groups excluding carboxylic acids is 2. The van der Waals surface area contributed by atoms with Gasteiger partial charge >= 0.3 is 0 Å². The number of benzene rings is 1. The Bertz CT molecular complexity index is 577. The average Bonchev–Trinajstić information content (AvgIpc) is 2.56. The van der Waals surface area contributed by atoms with Crippen molar-refractivity contribution in [3.8, 4) is 5.75 Å². The van der Waals surface area contributed by atoms with E-state index in [1.165, 1.54) is 0 Å². The first-order valence-corrected chi connectivity index (χ1v) is 8.27. The summed E-state index contributed by atoms with van der Waals surface area (Å²) in [6.07, 6.45) is 3.81. The molecule has 0 aromatic heterocycles. The molecule has 1 aromatic carbocycles. The van der Waals surface area contributed by atoms with E-state index in [4.69, 9.17) is 16.3 Å². The van der Waals surface area contributed by atoms with E-state index >= 15 is 0 Å². The molecule has 2 amide bonds. The van der Waals surface area contributed by atoms with Gasteiger partial charge in [0.05, 0.1) is 19.4 Å². The van der Waals surface area contributed by atoms with Crippen molar-refractivity contribution in [3.63, 3.8) is 0 Å². The molecule has 0 spiro atoms. The van der Waals surface area contributed by atoms with Crippen LogP contribution in [0.15, 0.2) is 18.2 Å². The van der Waals surface area contributed by atoms with Crippen molar-refractivity contribution in [2.24, 2.45) is 5.92 Å². The van der Waals surface area contributed by atoms with Crippen LogP contribution in [0.5, 0.6) is 5.75 Å². The molecule has 0 saturated heterocycles. The van der Waals surface area contributed by atoms with Crippen molar-refractivity contribution in [1.82, 2.24) is 10.6 Å². The summed E-state index contributed by atoms with van der Waals surface area (Å²) >= 11 is 6.17. The first kappa shape index (κ1) is 17.6. The Morgan fingerprint density at radius 3 is 2.74 bits per heavy atom. The van der Waals surface area contributed by atoms with Gasteiger partial charge < -0.3 is 15.4 Å². The highest BCUT2D eigenvalue weighted by Crippen LogP contribution is 2.28. The van der Waals surface area contributed by atoms with Gasteiger partial charge in [0.25, 0.3) is 0 Å². The molecule has 1 aromatic rings. The van der Waals surface area contributed by atoms with E-state index in [0.717, 1.165) is 25.7 Å². The average molecular weight is 339 g/mol. The van der Waals surface area contributed by atoms with Crippen LogP contribution in [-0.2, 0) is 16.0 Å². The largest absolute Gasteiger partial charge is 0.496 e. The van der Waals surface area contributed by atoms with E-state index in [-0.39, 0.29) is 30.2 Å². The summed E-state index contributed by atoms with van der Waals surface area (Å²) in [5.41, 5.74) is 0.668. The quantitative estimate of drug-likeness (QED) is 0.865. The number of nitrogens with one attached hydrogen (secondary N) is 2. The van der Waals surface area contributed by atoms with Crippen LogP contribution in [0.1, 0.15) is 31.2 Å². The van der Waals surface area contributed by atoms with Crippen molar-refractivity contribution >= 4 is 23.4 Å². The van der Waals surface area contributed by atoms with E-state index in [1.54, 1.807) is 32.4 Å². The van der Waals surface area contributed by atoms with Crippen LogP contribution >= 0.6 is 11.6 Å². The predicted molar refractivity (Wildman–Crippen MR) is 89.7 cm³/mol. The van der Waals surface area contributed by atoms with Crippen molar-refractivity contribution in [3.05, 3.63) is 28.8 Å². The molecule has 2 N–H and O–H groups in total. The van der Waals surface area contributed by atoms with Gasteiger partial charge in [-0.15, -0.1) is 0 Å². The fourth-order valence-electron chi connectivity index (χ4n) is 3.12. The maximum absolute atomic E-state index is 12.4. The number of methoxy groups -OCH3 is 1. The number of amides is 2. The zero-order chi connectivity index (χ0) is 16.8. The molecule has 0 heterocycles. The molecule has 23 heavy (non-hydrogen) atoms. The van der Waals surface area contributed by atoms with Gasteiger partial charge in [-0.2, -0.15) is 0 Å². The molecule has 0 bridgehead atoms. The second-order valence-electron chi connectivity index (χ2n) is 5.78. The molecular weight excluding hydrogens is 316 g/mol. The number of carbonyl (C=O) groups is 2. The molecule has 5 nitrogen and oxygen atoms in total. The second-order valence-corrected chi connectivity index (χ2v) is 6.18. The van der Waals surface area contributed by atoms with Gasteiger partial charge in [-0.05, 0) is 25.0 Å². The minimum Gasteiger partial charge on any atom is -0.496 e. The summed E-state index contributed by atoms with van der Waals surface area (Å²) in [5.74, 6) is 0.285. The first-order chi connectivity index (χ1) is 11.1. The van der Waals surface area contributed by atoms with E-state index in [1.807, 2.05) is 0 Å². The third kappa shape index (κ3) is 4.38. The highest BCUT2D eigenvalue weighted by molar-refractivity contribution is 6.31. The molecule has 126 valence electrons. The first-order valence-electron chi connectivity index (χ1n) is 7.89. The summed E-state index contributed by atoms with van der Waals surface area (Å²) in [5, 5.41) is 6.19. The lowest BCUT2D eigenvalue weighted by molar-refractivity contribution is -0.127. The maximum Gasteiger partial charge on any atom is 0.224 e. The molecule has 2 unspecified atom stereocenters. The molecular formula is C17H23ClN2O3. The molecule has 2 rings (SSSR count). The van der Waals surface area contributed by atoms with Gasteiger partial charge in [0.2, 0.25) is 11.8 Å². The normalized spacial score (nSPS) is 20.7. The highest BCUT2D eigenvalue weighted by atomic mass is 35.5. The zero-order valence-electron chi connectivity index (χ0n) is 13.5. The van der Waals surface area contributed by atoms with Crippen molar-refractivity contribution < 1.29 is 14.3 Å². The summed E-state index contributed by atoms with van der Waals surface area (Å²) in [6, 6.07) is 5.18. The lowest BCUT2D eigenvalue weighted by atomic mass is 9.83. The lowest BCUT2D eigenvalue weighted by Crippen LogP contribution is -2.48. The number of halogens is 1. The van der Waals surface area contributed by atoms with Crippen molar-refractivity contribution in [1.29, 1.82) is 0 Å². The molecule has 1 aliphatic rings. The Kier molecular flexibility index (Phi) is 6.28. The standard InChI is InChI=1S/C17H23ClN2O3/c1-19-17(22)11-6-3-4-8-14(11)20-16(21)10-12-13(18)7-5-9-15(12)23-2/h5,7,9,11,14H,3-4,6,8,10H2,1-2H3,(H,19,22)(H,20,21). The lowest BCUT2D eigenvalue weighted by Gasteiger charge is -2.31. The predicted octanol–water partition coefficient (Wildman–Crippen LogP) is 2.31. The minimum atomic E-state index is -0.161. The smallest absolute Gasteiger partial charge is 0.224 e. The van der Waals surface area contributed by atoms with E-state index in [0.29, 0.717) is 16.3 Å². The Morgan fingerprint density at radius 1 is 1.30 bits per heavy atom. The summed E-state index contributed by atoms with van der Waals surface area (Å²) < 4.78 is 5.27. The van der Waals surface area contributed by atoms with Crippen LogP contribution in [0.4, 0.5) is 0 Å². The van der Waals surface area contributed by atoms with E-state index in [9.17, 15) is 9.59 Å². The van der Waals surface area contributed by atoms with Crippen LogP contribution in [-0.4, -0.2) is 32.0 Å². The van der Waals surface area contributed by atoms with Gasteiger partial charge in [0.15, 0.2) is 0 Å². The van der Waals surface area contributed by atoms with Crippen LogP contribution in [0.25, 0.3) is 0 Å². The van der Waals surface area contributed by atoms with Gasteiger partial charge in [-0.1, -0.05) is 30.5 Å². The molecule has 1 fully saturated rings. The van der Waals surface area contributed by atoms with Crippen molar-refractivity contribution in [2.45, 2.75) is 38.1 Å². The molecule has 6 heteroatoms. The second kappa shape index (κ2) is 8.20. The van der Waals surface area contributed by atoms with Gasteiger partial charge in [-0.3, -0.25) is 9.59 Å². The number of hydrogen-bond acceptors (Lipinski definition) is 3. The van der Waals surface area contributed by atoms with E-state index in [2.05, 4.69) is 10.6 Å². The number of rotatable bonds is 5. The molecule has 2 atom stereocenters. The molecule has 0 aliphatic heterocycles. The van der Waals surface area contributed by atoms with Crippen LogP contribution in [0, 0.1) is 5.92 Å². The fraction of sp³-hybridized carbons (Fsp3) is 0.529. The molecule has 1 saturated carbocycles. The van der Waals surface area contributed by atoms with Crippen LogP contribution in [0.3, 0.4) is 0 Å². The van der Waals surface area contributed by atoms with Gasteiger partial charge in [0, 0.05) is 23.7 Å². The third-order valence-corrected chi connectivity index (χ3v) is 4.68. The van der Waals surface area contributed by atoms with Gasteiger partial charge in [-0.25, -0.2) is 0 Å².